The van der Waals surface area contributed by atoms with Gasteiger partial charge in [-0.1, -0.05) is 23.8 Å². The zero-order valence-corrected chi connectivity index (χ0v) is 15.8. The van der Waals surface area contributed by atoms with Gasteiger partial charge in [0.1, 0.15) is 21.5 Å². The number of rotatable bonds is 4. The number of aromatic nitrogens is 1. The number of nitrogens with zero attached hydrogens (tertiary/aromatic N) is 1. The van der Waals surface area contributed by atoms with E-state index in [-0.39, 0.29) is 11.7 Å². The van der Waals surface area contributed by atoms with Gasteiger partial charge in [0.2, 0.25) is 0 Å². The molecule has 0 aliphatic heterocycles. The summed E-state index contributed by atoms with van der Waals surface area (Å²) in [7, 11) is 1.43. The number of halogens is 1. The molecule has 0 aliphatic rings. The lowest BCUT2D eigenvalue weighted by Crippen LogP contribution is -2.12. The van der Waals surface area contributed by atoms with Gasteiger partial charge in [0.25, 0.3) is 5.91 Å². The molecule has 6 heteroatoms. The molecule has 1 N–H and O–H groups in total. The zero-order valence-electron chi connectivity index (χ0n) is 15.0. The van der Waals surface area contributed by atoms with Gasteiger partial charge in [-0.15, -0.1) is 11.3 Å². The van der Waals surface area contributed by atoms with E-state index in [9.17, 15) is 9.18 Å². The maximum absolute atomic E-state index is 13.3. The minimum absolute atomic E-state index is 0.273. The number of nitrogens with one attached hydrogen (secondary N) is 1. The molecule has 4 nitrogen and oxygen atoms in total. The van der Waals surface area contributed by atoms with E-state index in [0.717, 1.165) is 16.1 Å². The molecular weight excluding hydrogens is 351 g/mol. The van der Waals surface area contributed by atoms with Crippen LogP contribution in [0.4, 0.5) is 10.1 Å². The molecule has 0 spiro atoms. The first-order valence-corrected chi connectivity index (χ1v) is 8.90. The molecule has 1 heterocycles. The van der Waals surface area contributed by atoms with Crippen LogP contribution in [-0.4, -0.2) is 18.0 Å². The lowest BCUT2D eigenvalue weighted by molar-refractivity contribution is 0.102. The predicted octanol–water partition coefficient (Wildman–Crippen LogP) is 5.14. The Morgan fingerprint density at radius 2 is 1.92 bits per heavy atom. The Morgan fingerprint density at radius 1 is 1.15 bits per heavy atom. The summed E-state index contributed by atoms with van der Waals surface area (Å²) in [5.41, 5.74) is 4.39. The molecule has 2 aromatic carbocycles. The standard InChI is InChI=1S/C20H19FN2O2S/c1-11-5-7-15(12(2)9-11)20-22-13(3)18(26-20)19(24)23-16-8-6-14(21)10-17(16)25-4/h5-10H,1-4H3,(H,23,24). The Labute approximate surface area is 155 Å². The van der Waals surface area contributed by atoms with Crippen molar-refractivity contribution in [3.05, 3.63) is 63.9 Å². The van der Waals surface area contributed by atoms with Crippen molar-refractivity contribution in [2.75, 3.05) is 12.4 Å². The fourth-order valence-electron chi connectivity index (χ4n) is 2.72. The second kappa shape index (κ2) is 7.25. The van der Waals surface area contributed by atoms with Crippen LogP contribution in [0.25, 0.3) is 10.6 Å². The average Bonchev–Trinajstić information content (AvgIpc) is 2.98. The predicted molar refractivity (Wildman–Crippen MR) is 103 cm³/mol. The number of carbonyl (C=O) groups excluding carboxylic acids is 1. The largest absolute Gasteiger partial charge is 0.494 e. The molecule has 3 aromatic rings. The summed E-state index contributed by atoms with van der Waals surface area (Å²) in [4.78, 5) is 17.8. The second-order valence-corrected chi connectivity index (χ2v) is 7.05. The smallest absolute Gasteiger partial charge is 0.267 e. The van der Waals surface area contributed by atoms with Gasteiger partial charge in [-0.3, -0.25) is 4.79 Å². The molecule has 1 amide bonds. The zero-order chi connectivity index (χ0) is 18.8. The topological polar surface area (TPSA) is 51.2 Å². The minimum Gasteiger partial charge on any atom is -0.494 e. The van der Waals surface area contributed by atoms with Crippen molar-refractivity contribution in [1.29, 1.82) is 0 Å². The van der Waals surface area contributed by atoms with Crippen LogP contribution < -0.4 is 10.1 Å². The number of methoxy groups -OCH3 is 1. The maximum Gasteiger partial charge on any atom is 0.267 e. The highest BCUT2D eigenvalue weighted by Gasteiger charge is 2.18. The number of thiazole rings is 1. The van der Waals surface area contributed by atoms with Gasteiger partial charge in [-0.05, 0) is 38.5 Å². The highest BCUT2D eigenvalue weighted by molar-refractivity contribution is 7.17. The summed E-state index contributed by atoms with van der Waals surface area (Å²) < 4.78 is 18.4. The van der Waals surface area contributed by atoms with E-state index < -0.39 is 5.82 Å². The van der Waals surface area contributed by atoms with Crippen molar-refractivity contribution in [1.82, 2.24) is 4.98 Å². The molecule has 0 atom stereocenters. The Bertz CT molecular complexity index is 982. The molecule has 26 heavy (non-hydrogen) atoms. The highest BCUT2D eigenvalue weighted by Crippen LogP contribution is 2.32. The summed E-state index contributed by atoms with van der Waals surface area (Å²) in [6.07, 6.45) is 0. The molecule has 0 saturated carbocycles. The van der Waals surface area contributed by atoms with Crippen LogP contribution in [0.15, 0.2) is 36.4 Å². The Morgan fingerprint density at radius 3 is 2.62 bits per heavy atom. The normalized spacial score (nSPS) is 10.7. The molecule has 0 fully saturated rings. The van der Waals surface area contributed by atoms with Crippen LogP contribution >= 0.6 is 11.3 Å². The van der Waals surface area contributed by atoms with E-state index >= 15 is 0 Å². The number of anilines is 1. The molecule has 1 aromatic heterocycles. The average molecular weight is 370 g/mol. The van der Waals surface area contributed by atoms with Crippen LogP contribution in [-0.2, 0) is 0 Å². The third-order valence-electron chi connectivity index (χ3n) is 4.03. The highest BCUT2D eigenvalue weighted by atomic mass is 32.1. The lowest BCUT2D eigenvalue weighted by Gasteiger charge is -2.09. The number of aryl methyl sites for hydroxylation is 3. The first-order chi connectivity index (χ1) is 12.4. The molecule has 0 unspecified atom stereocenters. The molecule has 3 rings (SSSR count). The van der Waals surface area contributed by atoms with Crippen molar-refractivity contribution in [3.63, 3.8) is 0 Å². The van der Waals surface area contributed by atoms with Crippen molar-refractivity contribution >= 4 is 22.9 Å². The van der Waals surface area contributed by atoms with E-state index in [4.69, 9.17) is 4.74 Å². The van der Waals surface area contributed by atoms with Gasteiger partial charge in [-0.25, -0.2) is 9.37 Å². The molecule has 0 saturated heterocycles. The Balaban J connectivity index is 1.90. The molecule has 0 bridgehead atoms. The van der Waals surface area contributed by atoms with Gasteiger partial charge >= 0.3 is 0 Å². The van der Waals surface area contributed by atoms with Crippen LogP contribution in [0.2, 0.25) is 0 Å². The summed E-state index contributed by atoms with van der Waals surface area (Å²) >= 11 is 1.34. The quantitative estimate of drug-likeness (QED) is 0.692. The van der Waals surface area contributed by atoms with Crippen molar-refractivity contribution in [2.45, 2.75) is 20.8 Å². The Hall–Kier alpha value is -2.73. The third kappa shape index (κ3) is 3.60. The van der Waals surface area contributed by atoms with Gasteiger partial charge < -0.3 is 10.1 Å². The Kier molecular flexibility index (Phi) is 5.04. The number of hydrogen-bond donors (Lipinski definition) is 1. The minimum atomic E-state index is -0.425. The summed E-state index contributed by atoms with van der Waals surface area (Å²) in [6, 6.07) is 10.1. The number of ether oxygens (including phenoxy) is 1. The second-order valence-electron chi connectivity index (χ2n) is 6.05. The first-order valence-electron chi connectivity index (χ1n) is 8.09. The summed E-state index contributed by atoms with van der Waals surface area (Å²) in [5.74, 6) is -0.443. The van der Waals surface area contributed by atoms with E-state index in [0.29, 0.717) is 16.3 Å². The summed E-state index contributed by atoms with van der Waals surface area (Å²) in [6.45, 7) is 5.88. The molecule has 134 valence electrons. The number of benzene rings is 2. The summed E-state index contributed by atoms with van der Waals surface area (Å²) in [5, 5.41) is 3.58. The molecule has 0 aliphatic carbocycles. The van der Waals surface area contributed by atoms with Gasteiger partial charge in [0.15, 0.2) is 0 Å². The van der Waals surface area contributed by atoms with E-state index in [2.05, 4.69) is 16.4 Å². The van der Waals surface area contributed by atoms with Crippen molar-refractivity contribution in [2.24, 2.45) is 0 Å². The maximum atomic E-state index is 13.3. The molecular formula is C20H19FN2O2S. The number of carbonyl (C=O) groups is 1. The third-order valence-corrected chi connectivity index (χ3v) is 5.22. The number of amides is 1. The van der Waals surface area contributed by atoms with E-state index in [1.807, 2.05) is 26.0 Å². The van der Waals surface area contributed by atoms with E-state index in [1.54, 1.807) is 6.92 Å². The van der Waals surface area contributed by atoms with Gasteiger partial charge in [0.05, 0.1) is 18.5 Å². The van der Waals surface area contributed by atoms with Crippen LogP contribution in [0.3, 0.4) is 0 Å². The van der Waals surface area contributed by atoms with Crippen LogP contribution in [0.5, 0.6) is 5.75 Å². The fraction of sp³-hybridized carbons (Fsp3) is 0.200. The van der Waals surface area contributed by atoms with E-state index in [1.165, 1.54) is 42.2 Å². The monoisotopic (exact) mass is 370 g/mol. The molecule has 0 radical (unpaired) electrons. The first kappa shape index (κ1) is 18.1. The van der Waals surface area contributed by atoms with Crippen LogP contribution in [0.1, 0.15) is 26.5 Å². The van der Waals surface area contributed by atoms with Crippen molar-refractivity contribution in [3.8, 4) is 16.3 Å². The SMILES string of the molecule is COc1cc(F)ccc1NC(=O)c1sc(-c2ccc(C)cc2C)nc1C. The van der Waals surface area contributed by atoms with Gasteiger partial charge in [0, 0.05) is 11.6 Å². The van der Waals surface area contributed by atoms with Crippen molar-refractivity contribution < 1.29 is 13.9 Å². The fourth-order valence-corrected chi connectivity index (χ4v) is 3.78. The van der Waals surface area contributed by atoms with Gasteiger partial charge in [-0.2, -0.15) is 0 Å². The van der Waals surface area contributed by atoms with Crippen LogP contribution in [0, 0.1) is 26.6 Å². The number of hydrogen-bond acceptors (Lipinski definition) is 4. The lowest BCUT2D eigenvalue weighted by atomic mass is 10.1.